The number of aliphatic hydroxyl groups is 1. The van der Waals surface area contributed by atoms with E-state index in [9.17, 15) is 14.7 Å². The molecule has 1 saturated heterocycles. The first-order valence-electron chi connectivity index (χ1n) is 14.0. The lowest BCUT2D eigenvalue weighted by Crippen LogP contribution is -2.29. The molecule has 0 unspecified atom stereocenters. The van der Waals surface area contributed by atoms with Crippen molar-refractivity contribution < 1.29 is 19.4 Å². The number of ether oxygens (including phenoxy) is 1. The van der Waals surface area contributed by atoms with Gasteiger partial charge >= 0.3 is 5.91 Å². The van der Waals surface area contributed by atoms with Gasteiger partial charge < -0.3 is 9.84 Å². The summed E-state index contributed by atoms with van der Waals surface area (Å²) >= 11 is 2.77. The van der Waals surface area contributed by atoms with Gasteiger partial charge in [0.1, 0.15) is 11.5 Å². The first kappa shape index (κ1) is 29.5. The Kier molecular flexibility index (Phi) is 9.39. The van der Waals surface area contributed by atoms with E-state index in [1.165, 1.54) is 28.0 Å². The van der Waals surface area contributed by atoms with Crippen molar-refractivity contribution in [2.75, 3.05) is 11.5 Å². The zero-order valence-corrected chi connectivity index (χ0v) is 25.5. The highest BCUT2D eigenvalue weighted by atomic mass is 32.2. The molecule has 1 N–H and O–H groups in total. The number of thioether (sulfide) groups is 1. The van der Waals surface area contributed by atoms with Gasteiger partial charge in [-0.15, -0.1) is 10.2 Å². The van der Waals surface area contributed by atoms with Crippen LogP contribution in [0.3, 0.4) is 0 Å². The lowest BCUT2D eigenvalue weighted by molar-refractivity contribution is -0.132. The molecule has 0 saturated carbocycles. The molecular formula is C33H33N3O4S2. The average molecular weight is 600 g/mol. The quantitative estimate of drug-likeness (QED) is 0.0470. The third-order valence-corrected chi connectivity index (χ3v) is 9.19. The maximum absolute atomic E-state index is 13.5. The third-order valence-electron chi connectivity index (χ3n) is 7.06. The molecule has 5 rings (SSSR count). The van der Waals surface area contributed by atoms with Crippen molar-refractivity contribution in [3.63, 3.8) is 0 Å². The summed E-state index contributed by atoms with van der Waals surface area (Å²) in [5.74, 6) is -0.0530. The van der Waals surface area contributed by atoms with Gasteiger partial charge in [0.2, 0.25) is 5.13 Å². The van der Waals surface area contributed by atoms with Crippen molar-refractivity contribution in [3.05, 3.63) is 107 Å². The highest BCUT2D eigenvalue weighted by molar-refractivity contribution is 8.00. The van der Waals surface area contributed by atoms with E-state index in [0.717, 1.165) is 24.0 Å². The number of anilines is 1. The molecule has 42 heavy (non-hydrogen) atoms. The molecule has 7 nitrogen and oxygen atoms in total. The maximum atomic E-state index is 13.5. The summed E-state index contributed by atoms with van der Waals surface area (Å²) in [5.41, 5.74) is 3.42. The first-order valence-corrected chi connectivity index (χ1v) is 15.8. The number of amides is 1. The number of hydrogen-bond donors (Lipinski definition) is 1. The van der Waals surface area contributed by atoms with Crippen molar-refractivity contribution in [2.45, 2.75) is 55.7 Å². The lowest BCUT2D eigenvalue weighted by Gasteiger charge is -2.23. The van der Waals surface area contributed by atoms with E-state index in [4.69, 9.17) is 4.74 Å². The molecule has 3 aromatic carbocycles. The van der Waals surface area contributed by atoms with Crippen LogP contribution in [-0.4, -0.2) is 33.6 Å². The van der Waals surface area contributed by atoms with E-state index < -0.39 is 17.7 Å². The van der Waals surface area contributed by atoms with Crippen LogP contribution in [0.25, 0.3) is 5.76 Å². The normalized spacial score (nSPS) is 16.4. The second-order valence-corrected chi connectivity index (χ2v) is 12.5. The van der Waals surface area contributed by atoms with E-state index in [-0.39, 0.29) is 11.3 Å². The number of unbranched alkanes of at least 4 members (excludes halogenated alkanes) is 1. The molecule has 1 aliphatic rings. The predicted molar refractivity (Wildman–Crippen MR) is 168 cm³/mol. The molecule has 1 amide bonds. The molecule has 1 aliphatic heterocycles. The van der Waals surface area contributed by atoms with Gasteiger partial charge in [-0.25, -0.2) is 0 Å². The van der Waals surface area contributed by atoms with Crippen LogP contribution in [-0.2, 0) is 15.3 Å². The molecule has 1 fully saturated rings. The number of Topliss-reactive ketones (excluding diaryl/α,β-unsaturated/α-hetero) is 1. The number of benzene rings is 3. The standard InChI is InChI=1S/C33H33N3O4S2/c1-4-5-19-40-26-17-15-25(16-18-26)29(37)27-28(24-13-11-23(12-14-24)21(2)3)36(31(39)30(27)38)32-34-35-33(42-32)41-20-22-9-7-6-8-10-22/h6-18,21,28,37H,4-5,19-20H2,1-3H3/t28-/m0/s1. The minimum Gasteiger partial charge on any atom is -0.507 e. The number of rotatable bonds is 11. The molecule has 2 heterocycles. The SMILES string of the molecule is CCCCOc1ccc(C(O)=C2C(=O)C(=O)N(c3nnc(SCc4ccccc4)s3)[C@H]2c2ccc(C(C)C)cc2)cc1. The van der Waals surface area contributed by atoms with Gasteiger partial charge in [0.05, 0.1) is 18.2 Å². The van der Waals surface area contributed by atoms with Crippen LogP contribution < -0.4 is 9.64 Å². The van der Waals surface area contributed by atoms with E-state index in [0.29, 0.717) is 44.6 Å². The Bertz CT molecular complexity index is 1570. The summed E-state index contributed by atoms with van der Waals surface area (Å²) in [6.07, 6.45) is 1.97. The van der Waals surface area contributed by atoms with Gasteiger partial charge in [-0.1, -0.05) is 105 Å². The fraction of sp³-hybridized carbons (Fsp3) is 0.273. The van der Waals surface area contributed by atoms with Crippen molar-refractivity contribution >= 4 is 45.7 Å². The molecule has 4 aromatic rings. The van der Waals surface area contributed by atoms with Crippen molar-refractivity contribution in [2.24, 2.45) is 0 Å². The Morgan fingerprint density at radius 2 is 1.71 bits per heavy atom. The van der Waals surface area contributed by atoms with Gasteiger partial charge in [0.25, 0.3) is 5.78 Å². The molecule has 0 radical (unpaired) electrons. The highest BCUT2D eigenvalue weighted by Gasteiger charge is 2.48. The summed E-state index contributed by atoms with van der Waals surface area (Å²) < 4.78 is 6.43. The average Bonchev–Trinajstić information content (AvgIpc) is 3.58. The number of nitrogens with zero attached hydrogens (tertiary/aromatic N) is 3. The van der Waals surface area contributed by atoms with Crippen LogP contribution in [0.2, 0.25) is 0 Å². The molecule has 0 spiro atoms. The predicted octanol–water partition coefficient (Wildman–Crippen LogP) is 7.76. The third kappa shape index (κ3) is 6.42. The molecule has 9 heteroatoms. The van der Waals surface area contributed by atoms with Crippen LogP contribution in [0.1, 0.15) is 67.8 Å². The smallest absolute Gasteiger partial charge is 0.301 e. The molecular weight excluding hydrogens is 567 g/mol. The second-order valence-electron chi connectivity index (χ2n) is 10.3. The fourth-order valence-corrected chi connectivity index (χ4v) is 6.51. The number of carbonyl (C=O) groups excluding carboxylic acids is 2. The zero-order chi connectivity index (χ0) is 29.6. The molecule has 1 atom stereocenters. The number of hydrogen-bond acceptors (Lipinski definition) is 8. The summed E-state index contributed by atoms with van der Waals surface area (Å²) in [6, 6.07) is 23.9. The summed E-state index contributed by atoms with van der Waals surface area (Å²) in [6.45, 7) is 6.91. The monoisotopic (exact) mass is 599 g/mol. The Morgan fingerprint density at radius 1 is 1.00 bits per heavy atom. The lowest BCUT2D eigenvalue weighted by atomic mass is 9.93. The van der Waals surface area contributed by atoms with Gasteiger partial charge in [0.15, 0.2) is 4.34 Å². The number of ketones is 1. The minimum absolute atomic E-state index is 0.0191. The first-order chi connectivity index (χ1) is 20.4. The number of carbonyl (C=O) groups is 2. The molecule has 0 aliphatic carbocycles. The summed E-state index contributed by atoms with van der Waals surface area (Å²) in [7, 11) is 0. The molecule has 1 aromatic heterocycles. The fourth-order valence-electron chi connectivity index (χ4n) is 4.68. The van der Waals surface area contributed by atoms with Crippen molar-refractivity contribution in [1.29, 1.82) is 0 Å². The van der Waals surface area contributed by atoms with Gasteiger partial charge in [-0.2, -0.15) is 0 Å². The summed E-state index contributed by atoms with van der Waals surface area (Å²) in [4.78, 5) is 28.4. The van der Waals surface area contributed by atoms with Crippen LogP contribution >= 0.6 is 23.1 Å². The van der Waals surface area contributed by atoms with Crippen LogP contribution in [0.5, 0.6) is 5.75 Å². The van der Waals surface area contributed by atoms with Crippen molar-refractivity contribution in [3.8, 4) is 5.75 Å². The largest absolute Gasteiger partial charge is 0.507 e. The van der Waals surface area contributed by atoms with Gasteiger partial charge in [-0.3, -0.25) is 14.5 Å². The molecule has 0 bridgehead atoms. The minimum atomic E-state index is -0.855. The van der Waals surface area contributed by atoms with Crippen molar-refractivity contribution in [1.82, 2.24) is 10.2 Å². The number of aromatic nitrogens is 2. The van der Waals surface area contributed by atoms with Gasteiger partial charge in [0, 0.05) is 11.3 Å². The Morgan fingerprint density at radius 3 is 2.38 bits per heavy atom. The Hall–Kier alpha value is -3.95. The summed E-state index contributed by atoms with van der Waals surface area (Å²) in [5, 5.41) is 20.4. The van der Waals surface area contributed by atoms with Crippen LogP contribution in [0.4, 0.5) is 5.13 Å². The van der Waals surface area contributed by atoms with Crippen LogP contribution in [0, 0.1) is 0 Å². The Balaban J connectivity index is 1.50. The zero-order valence-electron chi connectivity index (χ0n) is 23.8. The molecule has 216 valence electrons. The topological polar surface area (TPSA) is 92.6 Å². The highest BCUT2D eigenvalue weighted by Crippen LogP contribution is 2.44. The van der Waals surface area contributed by atoms with Crippen LogP contribution in [0.15, 0.2) is 88.8 Å². The Labute approximate surface area is 254 Å². The van der Waals surface area contributed by atoms with E-state index >= 15 is 0 Å². The maximum Gasteiger partial charge on any atom is 0.301 e. The van der Waals surface area contributed by atoms with E-state index in [2.05, 4.69) is 31.0 Å². The number of aliphatic hydroxyl groups excluding tert-OH is 1. The van der Waals surface area contributed by atoms with E-state index in [1.54, 1.807) is 24.3 Å². The van der Waals surface area contributed by atoms with E-state index in [1.807, 2.05) is 54.6 Å². The van der Waals surface area contributed by atoms with Gasteiger partial charge in [-0.05, 0) is 53.3 Å². The second kappa shape index (κ2) is 13.4.